The largest absolute Gasteiger partial charge is 0.444 e. The van der Waals surface area contributed by atoms with E-state index < -0.39 is 19.8 Å². The van der Waals surface area contributed by atoms with E-state index in [9.17, 15) is 9.90 Å². The third kappa shape index (κ3) is 5.97. The molecule has 0 aromatic heterocycles. The van der Waals surface area contributed by atoms with Crippen LogP contribution in [0.25, 0.3) is 0 Å². The Hall–Kier alpha value is -0.993. The molecule has 0 bridgehead atoms. The number of aliphatic hydroxyl groups is 1. The SMILES string of the molecule is CC(C)(C)OC(=O)N1CC[C@H](C#C[Si](C)(C)C)[C@@H](O)C1. The molecule has 1 aliphatic rings. The van der Waals surface area contributed by atoms with Gasteiger partial charge in [0.1, 0.15) is 13.7 Å². The van der Waals surface area contributed by atoms with E-state index in [1.54, 1.807) is 4.90 Å². The quantitative estimate of drug-likeness (QED) is 0.552. The van der Waals surface area contributed by atoms with Gasteiger partial charge in [-0.2, -0.15) is 0 Å². The highest BCUT2D eigenvalue weighted by Crippen LogP contribution is 2.20. The van der Waals surface area contributed by atoms with Crippen LogP contribution in [0, 0.1) is 17.4 Å². The predicted molar refractivity (Wildman–Crippen MR) is 83.0 cm³/mol. The highest BCUT2D eigenvalue weighted by atomic mass is 28.3. The molecule has 1 saturated heterocycles. The zero-order valence-corrected chi connectivity index (χ0v) is 14.5. The van der Waals surface area contributed by atoms with Crippen molar-refractivity contribution in [2.75, 3.05) is 13.1 Å². The smallest absolute Gasteiger partial charge is 0.410 e. The number of ether oxygens (including phenoxy) is 1. The summed E-state index contributed by atoms with van der Waals surface area (Å²) < 4.78 is 5.32. The van der Waals surface area contributed by atoms with Crippen molar-refractivity contribution < 1.29 is 14.6 Å². The van der Waals surface area contributed by atoms with Crippen LogP contribution in [0.3, 0.4) is 0 Å². The van der Waals surface area contributed by atoms with Crippen molar-refractivity contribution in [3.8, 4) is 11.5 Å². The van der Waals surface area contributed by atoms with Crippen molar-refractivity contribution in [3.63, 3.8) is 0 Å². The second-order valence-electron chi connectivity index (χ2n) is 7.41. The fourth-order valence-corrected chi connectivity index (χ4v) is 2.52. The Balaban J connectivity index is 2.59. The minimum Gasteiger partial charge on any atom is -0.444 e. The second kappa shape index (κ2) is 6.19. The highest BCUT2D eigenvalue weighted by molar-refractivity contribution is 6.83. The van der Waals surface area contributed by atoms with Gasteiger partial charge in [0.15, 0.2) is 0 Å². The highest BCUT2D eigenvalue weighted by Gasteiger charge is 2.31. The molecule has 1 aliphatic heterocycles. The first-order valence-corrected chi connectivity index (χ1v) is 10.7. The maximum atomic E-state index is 11.9. The van der Waals surface area contributed by atoms with Crippen molar-refractivity contribution in [1.82, 2.24) is 4.90 Å². The number of hydrogen-bond donors (Lipinski definition) is 1. The summed E-state index contributed by atoms with van der Waals surface area (Å²) in [5.41, 5.74) is 2.80. The first-order chi connectivity index (χ1) is 8.98. The Morgan fingerprint density at radius 2 is 1.95 bits per heavy atom. The van der Waals surface area contributed by atoms with Crippen LogP contribution in [0.2, 0.25) is 19.6 Å². The Kier molecular flexibility index (Phi) is 5.28. The van der Waals surface area contributed by atoms with Gasteiger partial charge in [0, 0.05) is 12.5 Å². The van der Waals surface area contributed by atoms with E-state index in [2.05, 4.69) is 31.1 Å². The Morgan fingerprint density at radius 3 is 2.40 bits per heavy atom. The number of likely N-dealkylation sites (tertiary alicyclic amines) is 1. The van der Waals surface area contributed by atoms with Crippen LogP contribution in [0.15, 0.2) is 0 Å². The first kappa shape index (κ1) is 17.1. The molecule has 1 rings (SSSR count). The van der Waals surface area contributed by atoms with Crippen molar-refractivity contribution in [3.05, 3.63) is 0 Å². The molecule has 1 amide bonds. The lowest BCUT2D eigenvalue weighted by atomic mass is 9.95. The number of rotatable bonds is 0. The second-order valence-corrected chi connectivity index (χ2v) is 12.2. The molecule has 1 heterocycles. The molecule has 2 atom stereocenters. The van der Waals surface area contributed by atoms with Gasteiger partial charge in [0.25, 0.3) is 0 Å². The lowest BCUT2D eigenvalue weighted by molar-refractivity contribution is -0.00421. The van der Waals surface area contributed by atoms with Gasteiger partial charge in [0.2, 0.25) is 0 Å². The average molecular weight is 297 g/mol. The van der Waals surface area contributed by atoms with E-state index in [1.807, 2.05) is 20.8 Å². The molecule has 4 nitrogen and oxygen atoms in total. The van der Waals surface area contributed by atoms with Crippen molar-refractivity contribution in [2.24, 2.45) is 5.92 Å². The van der Waals surface area contributed by atoms with E-state index in [4.69, 9.17) is 4.74 Å². The van der Waals surface area contributed by atoms with E-state index >= 15 is 0 Å². The Morgan fingerprint density at radius 1 is 1.35 bits per heavy atom. The zero-order valence-electron chi connectivity index (χ0n) is 13.5. The zero-order chi connectivity index (χ0) is 15.6. The van der Waals surface area contributed by atoms with E-state index in [0.29, 0.717) is 19.5 Å². The minimum absolute atomic E-state index is 0.0274. The van der Waals surface area contributed by atoms with Gasteiger partial charge >= 0.3 is 6.09 Å². The third-order valence-electron chi connectivity index (χ3n) is 2.87. The van der Waals surface area contributed by atoms with Crippen LogP contribution in [0.1, 0.15) is 27.2 Å². The minimum atomic E-state index is -1.42. The molecule has 0 radical (unpaired) electrons. The van der Waals surface area contributed by atoms with Crippen molar-refractivity contribution in [2.45, 2.75) is 58.5 Å². The molecule has 0 aromatic rings. The lowest BCUT2D eigenvalue weighted by Gasteiger charge is -2.35. The van der Waals surface area contributed by atoms with Gasteiger partial charge in [-0.05, 0) is 27.2 Å². The van der Waals surface area contributed by atoms with Crippen LogP contribution >= 0.6 is 0 Å². The molecule has 1 N–H and O–H groups in total. The van der Waals surface area contributed by atoms with Crippen molar-refractivity contribution in [1.29, 1.82) is 0 Å². The summed E-state index contributed by atoms with van der Waals surface area (Å²) in [6.07, 6.45) is -0.231. The number of piperidine rings is 1. The molecule has 0 unspecified atom stereocenters. The predicted octanol–water partition coefficient (Wildman–Crippen LogP) is 2.49. The molecule has 114 valence electrons. The Bertz CT molecular complexity index is 412. The van der Waals surface area contributed by atoms with Crippen LogP contribution < -0.4 is 0 Å². The van der Waals surface area contributed by atoms with Gasteiger partial charge in [-0.25, -0.2) is 4.79 Å². The number of nitrogens with zero attached hydrogens (tertiary/aromatic N) is 1. The standard InChI is InChI=1S/C15H27NO3Si/c1-15(2,3)19-14(18)16-9-7-12(13(17)11-16)8-10-20(4,5)6/h12-13,17H,7,9,11H2,1-6H3/t12-,13+/m1/s1. The number of hydrogen-bond acceptors (Lipinski definition) is 3. The maximum Gasteiger partial charge on any atom is 0.410 e. The van der Waals surface area contributed by atoms with Crippen LogP contribution in [-0.4, -0.2) is 49.0 Å². The Labute approximate surface area is 123 Å². The molecule has 5 heteroatoms. The van der Waals surface area contributed by atoms with Crippen molar-refractivity contribution >= 4 is 14.2 Å². The fraction of sp³-hybridized carbons (Fsp3) is 0.800. The fourth-order valence-electron chi connectivity index (χ4n) is 1.90. The third-order valence-corrected chi connectivity index (χ3v) is 3.76. The summed E-state index contributed by atoms with van der Waals surface area (Å²) in [6, 6.07) is 0. The van der Waals surface area contributed by atoms with Crippen LogP contribution in [0.4, 0.5) is 4.79 Å². The summed E-state index contributed by atoms with van der Waals surface area (Å²) >= 11 is 0. The molecular formula is C15H27NO3Si. The molecule has 1 fully saturated rings. The summed E-state index contributed by atoms with van der Waals surface area (Å²) in [5.74, 6) is 3.17. The van der Waals surface area contributed by atoms with E-state index in [1.165, 1.54) is 0 Å². The normalized spacial score (nSPS) is 23.9. The van der Waals surface area contributed by atoms with Gasteiger partial charge in [0.05, 0.1) is 12.6 Å². The monoisotopic (exact) mass is 297 g/mol. The molecule has 0 saturated carbocycles. The molecular weight excluding hydrogens is 270 g/mol. The number of carbonyl (C=O) groups excluding carboxylic acids is 1. The number of carbonyl (C=O) groups is 1. The topological polar surface area (TPSA) is 49.8 Å². The number of amides is 1. The summed E-state index contributed by atoms with van der Waals surface area (Å²) in [4.78, 5) is 13.5. The summed E-state index contributed by atoms with van der Waals surface area (Å²) in [7, 11) is -1.42. The number of aliphatic hydroxyl groups excluding tert-OH is 1. The van der Waals surface area contributed by atoms with Gasteiger partial charge in [-0.1, -0.05) is 19.6 Å². The van der Waals surface area contributed by atoms with Crippen LogP contribution in [-0.2, 0) is 4.74 Å². The van der Waals surface area contributed by atoms with E-state index in [-0.39, 0.29) is 12.0 Å². The maximum absolute atomic E-state index is 11.9. The lowest BCUT2D eigenvalue weighted by Crippen LogP contribution is -2.48. The summed E-state index contributed by atoms with van der Waals surface area (Å²) in [6.45, 7) is 13.0. The molecule has 0 aromatic carbocycles. The van der Waals surface area contributed by atoms with Gasteiger partial charge < -0.3 is 14.7 Å². The average Bonchev–Trinajstić information content (AvgIpc) is 2.23. The number of β-amino-alcohol motifs (C(OH)–C–C–N with tert-alkyl or cyclic N) is 1. The molecule has 0 spiro atoms. The summed E-state index contributed by atoms with van der Waals surface area (Å²) in [5, 5.41) is 10.1. The first-order valence-electron chi connectivity index (χ1n) is 7.17. The molecule has 0 aliphatic carbocycles. The molecule has 20 heavy (non-hydrogen) atoms. The van der Waals surface area contributed by atoms with Crippen LogP contribution in [0.5, 0.6) is 0 Å². The van der Waals surface area contributed by atoms with E-state index in [0.717, 1.165) is 0 Å². The van der Waals surface area contributed by atoms with Gasteiger partial charge in [-0.15, -0.1) is 11.5 Å². The van der Waals surface area contributed by atoms with Gasteiger partial charge in [-0.3, -0.25) is 0 Å².